The minimum Gasteiger partial charge on any atom is -0.351 e. The number of hydrogen-bond donors (Lipinski definition) is 1. The van der Waals surface area contributed by atoms with Crippen LogP contribution < -0.4 is 5.32 Å². The zero-order valence-electron chi connectivity index (χ0n) is 17.4. The van der Waals surface area contributed by atoms with Gasteiger partial charge in [0.05, 0.1) is 5.56 Å². The third kappa shape index (κ3) is 5.55. The van der Waals surface area contributed by atoms with Gasteiger partial charge in [0, 0.05) is 31.0 Å². The Kier molecular flexibility index (Phi) is 6.88. The molecular weight excluding hydrogens is 370 g/mol. The summed E-state index contributed by atoms with van der Waals surface area (Å²) < 4.78 is 0. The van der Waals surface area contributed by atoms with E-state index in [0.717, 1.165) is 37.2 Å². The van der Waals surface area contributed by atoms with E-state index in [-0.39, 0.29) is 5.91 Å². The SMILES string of the molecule is O=C(NCCN1CCCCC1)c1cncc(-c2ccc(Cc3ccccc3)cc2)c1. The first-order valence-corrected chi connectivity index (χ1v) is 10.9. The lowest BCUT2D eigenvalue weighted by molar-refractivity contribution is 0.0946. The van der Waals surface area contributed by atoms with Crippen molar-refractivity contribution in [3.63, 3.8) is 0 Å². The van der Waals surface area contributed by atoms with Crippen LogP contribution in [0, 0.1) is 0 Å². The summed E-state index contributed by atoms with van der Waals surface area (Å²) in [6, 6.07) is 20.9. The molecule has 0 radical (unpaired) electrons. The van der Waals surface area contributed by atoms with Gasteiger partial charge in [-0.2, -0.15) is 0 Å². The van der Waals surface area contributed by atoms with Crippen molar-refractivity contribution in [3.8, 4) is 11.1 Å². The summed E-state index contributed by atoms with van der Waals surface area (Å²) in [6.45, 7) is 3.89. The molecule has 1 aliphatic heterocycles. The number of nitrogens with one attached hydrogen (secondary N) is 1. The third-order valence-electron chi connectivity index (χ3n) is 5.70. The molecule has 4 nitrogen and oxygen atoms in total. The van der Waals surface area contributed by atoms with Gasteiger partial charge in [-0.15, -0.1) is 0 Å². The Bertz CT molecular complexity index is 948. The van der Waals surface area contributed by atoms with E-state index in [2.05, 4.69) is 63.7 Å². The molecule has 3 aromatic rings. The highest BCUT2D eigenvalue weighted by atomic mass is 16.1. The van der Waals surface area contributed by atoms with Crippen LogP contribution in [0.4, 0.5) is 0 Å². The first-order valence-electron chi connectivity index (χ1n) is 10.9. The number of nitrogens with zero attached hydrogens (tertiary/aromatic N) is 2. The molecule has 1 aliphatic rings. The predicted octanol–water partition coefficient (Wildman–Crippen LogP) is 4.56. The lowest BCUT2D eigenvalue weighted by atomic mass is 10.0. The predicted molar refractivity (Wildman–Crippen MR) is 122 cm³/mol. The minimum atomic E-state index is -0.0537. The number of pyridine rings is 1. The van der Waals surface area contributed by atoms with Crippen LogP contribution in [0.5, 0.6) is 0 Å². The highest BCUT2D eigenvalue weighted by molar-refractivity contribution is 5.95. The quantitative estimate of drug-likeness (QED) is 0.634. The van der Waals surface area contributed by atoms with E-state index in [1.54, 1.807) is 6.20 Å². The van der Waals surface area contributed by atoms with Crippen molar-refractivity contribution in [2.45, 2.75) is 25.7 Å². The molecular formula is C26H29N3O. The van der Waals surface area contributed by atoms with Crippen molar-refractivity contribution in [1.29, 1.82) is 0 Å². The Morgan fingerprint density at radius 1 is 0.867 bits per heavy atom. The number of likely N-dealkylation sites (tertiary alicyclic amines) is 1. The smallest absolute Gasteiger partial charge is 0.252 e. The van der Waals surface area contributed by atoms with Gasteiger partial charge in [0.25, 0.3) is 5.91 Å². The van der Waals surface area contributed by atoms with Crippen molar-refractivity contribution < 1.29 is 4.79 Å². The molecule has 1 amide bonds. The van der Waals surface area contributed by atoms with Crippen LogP contribution in [-0.4, -0.2) is 42.0 Å². The summed E-state index contributed by atoms with van der Waals surface area (Å²) in [4.78, 5) is 19.3. The second-order valence-corrected chi connectivity index (χ2v) is 7.98. The first-order chi connectivity index (χ1) is 14.8. The zero-order chi connectivity index (χ0) is 20.6. The van der Waals surface area contributed by atoms with Crippen LogP contribution >= 0.6 is 0 Å². The average Bonchev–Trinajstić information content (AvgIpc) is 2.81. The van der Waals surface area contributed by atoms with Gasteiger partial charge in [-0.25, -0.2) is 0 Å². The molecule has 0 bridgehead atoms. The van der Waals surface area contributed by atoms with Gasteiger partial charge in [0.1, 0.15) is 0 Å². The highest BCUT2D eigenvalue weighted by Crippen LogP contribution is 2.21. The molecule has 4 heteroatoms. The van der Waals surface area contributed by atoms with Gasteiger partial charge in [-0.05, 0) is 55.1 Å². The summed E-state index contributed by atoms with van der Waals surface area (Å²) >= 11 is 0. The van der Waals surface area contributed by atoms with E-state index in [9.17, 15) is 4.79 Å². The van der Waals surface area contributed by atoms with E-state index in [0.29, 0.717) is 12.1 Å². The molecule has 0 aliphatic carbocycles. The van der Waals surface area contributed by atoms with Gasteiger partial charge in [0.2, 0.25) is 0 Å². The Labute approximate surface area is 179 Å². The second kappa shape index (κ2) is 10.2. The number of benzene rings is 2. The van der Waals surface area contributed by atoms with Crippen LogP contribution in [0.15, 0.2) is 73.1 Å². The highest BCUT2D eigenvalue weighted by Gasteiger charge is 2.11. The topological polar surface area (TPSA) is 45.2 Å². The number of piperidine rings is 1. The molecule has 1 aromatic heterocycles. The Morgan fingerprint density at radius 3 is 2.37 bits per heavy atom. The average molecular weight is 400 g/mol. The van der Waals surface area contributed by atoms with Gasteiger partial charge in [-0.1, -0.05) is 61.0 Å². The van der Waals surface area contributed by atoms with Crippen molar-refractivity contribution in [2.75, 3.05) is 26.2 Å². The fourth-order valence-electron chi connectivity index (χ4n) is 3.98. The Morgan fingerprint density at radius 2 is 1.60 bits per heavy atom. The summed E-state index contributed by atoms with van der Waals surface area (Å²) in [6.07, 6.45) is 8.24. The second-order valence-electron chi connectivity index (χ2n) is 7.98. The lowest BCUT2D eigenvalue weighted by Crippen LogP contribution is -2.37. The van der Waals surface area contributed by atoms with E-state index >= 15 is 0 Å². The molecule has 2 aromatic carbocycles. The van der Waals surface area contributed by atoms with Crippen LogP contribution in [0.25, 0.3) is 11.1 Å². The van der Waals surface area contributed by atoms with Gasteiger partial charge < -0.3 is 10.2 Å². The summed E-state index contributed by atoms with van der Waals surface area (Å²) in [5.74, 6) is -0.0537. The molecule has 1 saturated heterocycles. The van der Waals surface area contributed by atoms with Crippen LogP contribution in [0.3, 0.4) is 0 Å². The van der Waals surface area contributed by atoms with E-state index in [4.69, 9.17) is 0 Å². The molecule has 4 rings (SSSR count). The maximum absolute atomic E-state index is 12.6. The third-order valence-corrected chi connectivity index (χ3v) is 5.70. The molecule has 1 N–H and O–H groups in total. The van der Waals surface area contributed by atoms with E-state index < -0.39 is 0 Å². The molecule has 0 spiro atoms. The van der Waals surface area contributed by atoms with Gasteiger partial charge >= 0.3 is 0 Å². The summed E-state index contributed by atoms with van der Waals surface area (Å²) in [5, 5.41) is 3.04. The molecule has 1 fully saturated rings. The monoisotopic (exact) mass is 399 g/mol. The first kappa shape index (κ1) is 20.3. The van der Waals surface area contributed by atoms with E-state index in [1.807, 2.05) is 18.3 Å². The normalized spacial score (nSPS) is 14.4. The molecule has 0 unspecified atom stereocenters. The van der Waals surface area contributed by atoms with Crippen molar-refractivity contribution in [3.05, 3.63) is 89.7 Å². The van der Waals surface area contributed by atoms with Crippen molar-refractivity contribution in [1.82, 2.24) is 15.2 Å². The zero-order valence-corrected chi connectivity index (χ0v) is 17.4. The number of amides is 1. The van der Waals surface area contributed by atoms with Crippen LogP contribution in [0.2, 0.25) is 0 Å². The minimum absolute atomic E-state index is 0.0537. The maximum atomic E-state index is 12.6. The number of carbonyl (C=O) groups excluding carboxylic acids is 1. The van der Waals surface area contributed by atoms with Gasteiger partial charge in [0.15, 0.2) is 0 Å². The maximum Gasteiger partial charge on any atom is 0.252 e. The summed E-state index contributed by atoms with van der Waals surface area (Å²) in [7, 11) is 0. The number of rotatable bonds is 7. The van der Waals surface area contributed by atoms with Crippen molar-refractivity contribution >= 4 is 5.91 Å². The number of carbonyl (C=O) groups is 1. The fraction of sp³-hybridized carbons (Fsp3) is 0.308. The molecule has 0 saturated carbocycles. The molecule has 0 atom stereocenters. The van der Waals surface area contributed by atoms with Gasteiger partial charge in [-0.3, -0.25) is 9.78 Å². The number of aromatic nitrogens is 1. The standard InChI is InChI=1S/C26H29N3O/c30-26(28-13-16-29-14-5-2-6-15-29)25-18-24(19-27-20-25)23-11-9-22(10-12-23)17-21-7-3-1-4-8-21/h1,3-4,7-12,18-20H,2,5-6,13-17H2,(H,28,30). The number of hydrogen-bond acceptors (Lipinski definition) is 3. The van der Waals surface area contributed by atoms with E-state index in [1.165, 1.54) is 30.4 Å². The molecule has 2 heterocycles. The fourth-order valence-corrected chi connectivity index (χ4v) is 3.98. The molecule has 30 heavy (non-hydrogen) atoms. The van der Waals surface area contributed by atoms with Crippen LogP contribution in [-0.2, 0) is 6.42 Å². The largest absolute Gasteiger partial charge is 0.351 e. The molecule has 154 valence electrons. The Balaban J connectivity index is 1.35. The Hall–Kier alpha value is -2.98. The van der Waals surface area contributed by atoms with Crippen LogP contribution in [0.1, 0.15) is 40.7 Å². The summed E-state index contributed by atoms with van der Waals surface area (Å²) in [5.41, 5.74) is 5.21. The lowest BCUT2D eigenvalue weighted by Gasteiger charge is -2.26. The van der Waals surface area contributed by atoms with Crippen molar-refractivity contribution in [2.24, 2.45) is 0 Å².